The van der Waals surface area contributed by atoms with Crippen molar-refractivity contribution in [3.63, 3.8) is 0 Å². The Morgan fingerprint density at radius 1 is 1.47 bits per heavy atom. The van der Waals surface area contributed by atoms with Gasteiger partial charge in [0.1, 0.15) is 0 Å². The maximum absolute atomic E-state index is 11.9. The molecule has 1 amide bonds. The molecule has 0 saturated heterocycles. The van der Waals surface area contributed by atoms with Crippen molar-refractivity contribution in [3.05, 3.63) is 29.8 Å². The number of anilines is 1. The van der Waals surface area contributed by atoms with Crippen LogP contribution in [0.1, 0.15) is 26.3 Å². The first-order chi connectivity index (χ1) is 7.84. The Balaban J connectivity index is 2.79. The zero-order valence-corrected chi connectivity index (χ0v) is 10.4. The number of hydrogen-bond acceptors (Lipinski definition) is 2. The lowest BCUT2D eigenvalue weighted by atomic mass is 9.87. The Labute approximate surface area is 102 Å². The van der Waals surface area contributed by atoms with Crippen LogP contribution in [0.5, 0.6) is 0 Å². The van der Waals surface area contributed by atoms with E-state index in [0.717, 1.165) is 5.56 Å². The third-order valence-corrected chi connectivity index (χ3v) is 2.51. The second-order valence-corrected chi connectivity index (χ2v) is 5.06. The molecule has 0 saturated carbocycles. The minimum Gasteiger partial charge on any atom is -0.325 e. The summed E-state index contributed by atoms with van der Waals surface area (Å²) >= 11 is 0. The van der Waals surface area contributed by atoms with Crippen LogP contribution < -0.4 is 11.1 Å². The average Bonchev–Trinajstić information content (AvgIpc) is 2.27. The van der Waals surface area contributed by atoms with Crippen LogP contribution in [0.3, 0.4) is 0 Å². The molecule has 0 radical (unpaired) electrons. The molecule has 1 rings (SSSR count). The molecule has 1 aromatic carbocycles. The van der Waals surface area contributed by atoms with Crippen molar-refractivity contribution in [2.75, 3.05) is 5.32 Å². The number of rotatable bonds is 2. The van der Waals surface area contributed by atoms with Gasteiger partial charge in [0.2, 0.25) is 5.91 Å². The average molecular weight is 230 g/mol. The molecule has 90 valence electrons. The molecular weight excluding hydrogens is 212 g/mol. The number of benzene rings is 1. The second-order valence-electron chi connectivity index (χ2n) is 5.06. The fourth-order valence-corrected chi connectivity index (χ4v) is 1.30. The van der Waals surface area contributed by atoms with Crippen LogP contribution in [0.2, 0.25) is 0 Å². The van der Waals surface area contributed by atoms with E-state index in [4.69, 9.17) is 12.2 Å². The highest BCUT2D eigenvalue weighted by Gasteiger charge is 2.27. The minimum absolute atomic E-state index is 0.202. The van der Waals surface area contributed by atoms with Crippen molar-refractivity contribution in [1.82, 2.24) is 0 Å². The van der Waals surface area contributed by atoms with Gasteiger partial charge in [0, 0.05) is 11.3 Å². The summed E-state index contributed by atoms with van der Waals surface area (Å²) in [5.74, 6) is 2.32. The molecule has 0 aliphatic rings. The van der Waals surface area contributed by atoms with Gasteiger partial charge in [-0.3, -0.25) is 4.79 Å². The summed E-state index contributed by atoms with van der Waals surface area (Å²) in [5.41, 5.74) is 6.99. The summed E-state index contributed by atoms with van der Waals surface area (Å²) in [4.78, 5) is 11.9. The van der Waals surface area contributed by atoms with E-state index < -0.39 is 6.04 Å². The monoisotopic (exact) mass is 230 g/mol. The highest BCUT2D eigenvalue weighted by molar-refractivity contribution is 5.95. The molecule has 0 aliphatic heterocycles. The molecule has 1 atom stereocenters. The van der Waals surface area contributed by atoms with E-state index in [1.165, 1.54) is 0 Å². The molecule has 17 heavy (non-hydrogen) atoms. The summed E-state index contributed by atoms with van der Waals surface area (Å²) in [5, 5.41) is 2.76. The van der Waals surface area contributed by atoms with E-state index in [2.05, 4.69) is 11.2 Å². The van der Waals surface area contributed by atoms with Gasteiger partial charge in [-0.15, -0.1) is 6.42 Å². The lowest BCUT2D eigenvalue weighted by Gasteiger charge is -2.25. The van der Waals surface area contributed by atoms with E-state index in [0.29, 0.717) is 5.69 Å². The number of terminal acetylenes is 1. The molecule has 0 unspecified atom stereocenters. The Kier molecular flexibility index (Phi) is 3.93. The molecule has 0 spiro atoms. The maximum atomic E-state index is 11.9. The molecule has 0 fully saturated rings. The van der Waals surface area contributed by atoms with Gasteiger partial charge in [0.25, 0.3) is 0 Å². The van der Waals surface area contributed by atoms with Crippen molar-refractivity contribution < 1.29 is 4.79 Å². The predicted molar refractivity (Wildman–Crippen MR) is 70.4 cm³/mol. The lowest BCUT2D eigenvalue weighted by Crippen LogP contribution is -2.45. The third-order valence-electron chi connectivity index (χ3n) is 2.51. The van der Waals surface area contributed by atoms with Gasteiger partial charge >= 0.3 is 0 Å². The molecule has 1 aromatic rings. The maximum Gasteiger partial charge on any atom is 0.241 e. The first-order valence-electron chi connectivity index (χ1n) is 5.47. The van der Waals surface area contributed by atoms with Crippen molar-refractivity contribution in [2.45, 2.75) is 26.8 Å². The number of carbonyl (C=O) groups is 1. The Hall–Kier alpha value is -1.79. The van der Waals surface area contributed by atoms with Gasteiger partial charge in [0.05, 0.1) is 6.04 Å². The van der Waals surface area contributed by atoms with Crippen LogP contribution in [0, 0.1) is 17.8 Å². The summed E-state index contributed by atoms with van der Waals surface area (Å²) in [7, 11) is 0. The Morgan fingerprint density at radius 2 is 2.12 bits per heavy atom. The molecule has 0 aliphatic carbocycles. The molecule has 3 heteroatoms. The van der Waals surface area contributed by atoms with Crippen molar-refractivity contribution in [1.29, 1.82) is 0 Å². The van der Waals surface area contributed by atoms with Crippen LogP contribution in [0.25, 0.3) is 0 Å². The van der Waals surface area contributed by atoms with Crippen LogP contribution in [0.15, 0.2) is 24.3 Å². The second kappa shape index (κ2) is 5.03. The Bertz CT molecular complexity index is 452. The summed E-state index contributed by atoms with van der Waals surface area (Å²) in [6.45, 7) is 5.78. The smallest absolute Gasteiger partial charge is 0.241 e. The zero-order chi connectivity index (χ0) is 13.1. The van der Waals surface area contributed by atoms with Crippen molar-refractivity contribution in [2.24, 2.45) is 11.1 Å². The molecule has 3 nitrogen and oxygen atoms in total. The molecule has 0 aromatic heterocycles. The highest BCUT2D eigenvalue weighted by Crippen LogP contribution is 2.19. The summed E-state index contributed by atoms with van der Waals surface area (Å²) < 4.78 is 0. The topological polar surface area (TPSA) is 55.1 Å². The van der Waals surface area contributed by atoms with E-state index >= 15 is 0 Å². The van der Waals surface area contributed by atoms with Gasteiger partial charge < -0.3 is 11.1 Å². The number of carbonyl (C=O) groups excluding carboxylic acids is 1. The molecule has 0 heterocycles. The zero-order valence-electron chi connectivity index (χ0n) is 10.4. The normalized spacial score (nSPS) is 12.6. The van der Waals surface area contributed by atoms with Crippen molar-refractivity contribution >= 4 is 11.6 Å². The van der Waals surface area contributed by atoms with Gasteiger partial charge in [-0.1, -0.05) is 32.8 Å². The number of nitrogens with two attached hydrogens (primary N) is 1. The number of hydrogen-bond donors (Lipinski definition) is 2. The van der Waals surface area contributed by atoms with Crippen LogP contribution in [-0.4, -0.2) is 11.9 Å². The fraction of sp³-hybridized carbons (Fsp3) is 0.357. The molecule has 3 N–H and O–H groups in total. The lowest BCUT2D eigenvalue weighted by molar-refractivity contribution is -0.119. The number of amides is 1. The van der Waals surface area contributed by atoms with Crippen LogP contribution in [-0.2, 0) is 4.79 Å². The standard InChI is InChI=1S/C14H18N2O/c1-5-10-7-6-8-11(9-10)16-13(17)12(15)14(2,3)4/h1,6-9,12H,15H2,2-4H3,(H,16,17)/t12-/m0/s1. The van der Waals surface area contributed by atoms with Crippen LogP contribution >= 0.6 is 0 Å². The summed E-state index contributed by atoms with van der Waals surface area (Å²) in [6, 6.07) is 6.57. The Morgan fingerprint density at radius 3 is 2.65 bits per heavy atom. The van der Waals surface area contributed by atoms with E-state index in [1.807, 2.05) is 20.8 Å². The SMILES string of the molecule is C#Cc1cccc(NC(=O)[C@H](N)C(C)(C)C)c1. The van der Waals surface area contributed by atoms with E-state index in [9.17, 15) is 4.79 Å². The molecule has 0 bridgehead atoms. The number of nitrogens with one attached hydrogen (secondary N) is 1. The fourth-order valence-electron chi connectivity index (χ4n) is 1.30. The van der Waals surface area contributed by atoms with Crippen LogP contribution in [0.4, 0.5) is 5.69 Å². The quantitative estimate of drug-likeness (QED) is 0.763. The largest absolute Gasteiger partial charge is 0.325 e. The van der Waals surface area contributed by atoms with E-state index in [1.54, 1.807) is 24.3 Å². The summed E-state index contributed by atoms with van der Waals surface area (Å²) in [6.07, 6.45) is 5.29. The van der Waals surface area contributed by atoms with Gasteiger partial charge in [-0.05, 0) is 23.6 Å². The van der Waals surface area contributed by atoms with Crippen molar-refractivity contribution in [3.8, 4) is 12.3 Å². The predicted octanol–water partition coefficient (Wildman–Crippen LogP) is 1.98. The minimum atomic E-state index is -0.558. The molecular formula is C14H18N2O. The highest BCUT2D eigenvalue weighted by atomic mass is 16.2. The van der Waals surface area contributed by atoms with Gasteiger partial charge in [0.15, 0.2) is 0 Å². The van der Waals surface area contributed by atoms with Gasteiger partial charge in [-0.2, -0.15) is 0 Å². The first kappa shape index (κ1) is 13.3. The van der Waals surface area contributed by atoms with E-state index in [-0.39, 0.29) is 11.3 Å². The van der Waals surface area contributed by atoms with Gasteiger partial charge in [-0.25, -0.2) is 0 Å². The third kappa shape index (κ3) is 3.61. The first-order valence-corrected chi connectivity index (χ1v) is 5.47.